The topological polar surface area (TPSA) is 23.5 Å². The largest absolute Gasteiger partial charge is 0.392 e. The SMILES string of the molecule is CC(C)CN1CC(O)CC1(C)C. The Morgan fingerprint density at radius 3 is 2.42 bits per heavy atom. The van der Waals surface area contributed by atoms with E-state index in [0.717, 1.165) is 19.5 Å². The molecule has 1 N–H and O–H groups in total. The van der Waals surface area contributed by atoms with Gasteiger partial charge in [0.25, 0.3) is 0 Å². The second-order valence-corrected chi connectivity index (χ2v) is 4.97. The Labute approximate surface area is 75.6 Å². The number of hydrogen-bond donors (Lipinski definition) is 1. The molecule has 1 saturated heterocycles. The van der Waals surface area contributed by atoms with E-state index in [-0.39, 0.29) is 11.6 Å². The van der Waals surface area contributed by atoms with Crippen LogP contribution in [0.5, 0.6) is 0 Å². The first-order chi connectivity index (χ1) is 5.42. The van der Waals surface area contributed by atoms with Gasteiger partial charge in [-0.05, 0) is 26.2 Å². The van der Waals surface area contributed by atoms with Crippen LogP contribution in [0, 0.1) is 5.92 Å². The molecule has 0 amide bonds. The smallest absolute Gasteiger partial charge is 0.0684 e. The van der Waals surface area contributed by atoms with Crippen LogP contribution >= 0.6 is 0 Å². The summed E-state index contributed by atoms with van der Waals surface area (Å²) in [6, 6.07) is 0. The second-order valence-electron chi connectivity index (χ2n) is 4.97. The van der Waals surface area contributed by atoms with Gasteiger partial charge in [-0.25, -0.2) is 0 Å². The molecule has 1 atom stereocenters. The Hall–Kier alpha value is -0.0800. The van der Waals surface area contributed by atoms with Gasteiger partial charge < -0.3 is 5.11 Å². The summed E-state index contributed by atoms with van der Waals surface area (Å²) in [6.07, 6.45) is 0.804. The molecule has 0 spiro atoms. The minimum atomic E-state index is -0.112. The van der Waals surface area contributed by atoms with Crippen LogP contribution in [0.4, 0.5) is 0 Å². The molecule has 1 rings (SSSR count). The number of nitrogens with zero attached hydrogens (tertiary/aromatic N) is 1. The maximum atomic E-state index is 9.51. The van der Waals surface area contributed by atoms with Crippen molar-refractivity contribution in [3.05, 3.63) is 0 Å². The highest BCUT2D eigenvalue weighted by Gasteiger charge is 2.37. The van der Waals surface area contributed by atoms with Crippen LogP contribution < -0.4 is 0 Å². The average Bonchev–Trinajstić information content (AvgIpc) is 2.04. The summed E-state index contributed by atoms with van der Waals surface area (Å²) in [5, 5.41) is 9.51. The van der Waals surface area contributed by atoms with Gasteiger partial charge in [-0.1, -0.05) is 13.8 Å². The van der Waals surface area contributed by atoms with Gasteiger partial charge in [0, 0.05) is 18.6 Å². The summed E-state index contributed by atoms with van der Waals surface area (Å²) in [5.74, 6) is 0.689. The van der Waals surface area contributed by atoms with Crippen LogP contribution in [0.25, 0.3) is 0 Å². The lowest BCUT2D eigenvalue weighted by Crippen LogP contribution is -2.40. The number of hydrogen-bond acceptors (Lipinski definition) is 2. The third-order valence-electron chi connectivity index (χ3n) is 2.61. The van der Waals surface area contributed by atoms with E-state index in [0.29, 0.717) is 5.92 Å². The second kappa shape index (κ2) is 3.35. The predicted octanol–water partition coefficient (Wildman–Crippen LogP) is 1.49. The van der Waals surface area contributed by atoms with Gasteiger partial charge in [-0.3, -0.25) is 4.90 Å². The third-order valence-corrected chi connectivity index (χ3v) is 2.61. The first-order valence-corrected chi connectivity index (χ1v) is 4.85. The first-order valence-electron chi connectivity index (χ1n) is 4.85. The standard InChI is InChI=1S/C10H21NO/c1-8(2)6-11-7-9(12)5-10(11,3)4/h8-9,12H,5-7H2,1-4H3. The van der Waals surface area contributed by atoms with E-state index in [2.05, 4.69) is 32.6 Å². The maximum absolute atomic E-state index is 9.51. The lowest BCUT2D eigenvalue weighted by Gasteiger charge is -2.32. The van der Waals surface area contributed by atoms with E-state index in [1.165, 1.54) is 0 Å². The Balaban J connectivity index is 2.53. The molecule has 0 saturated carbocycles. The Bertz CT molecular complexity index is 154. The molecule has 1 fully saturated rings. The molecular weight excluding hydrogens is 150 g/mol. The van der Waals surface area contributed by atoms with Crippen molar-refractivity contribution in [1.82, 2.24) is 4.90 Å². The molecule has 1 aliphatic rings. The van der Waals surface area contributed by atoms with Gasteiger partial charge in [0.15, 0.2) is 0 Å². The van der Waals surface area contributed by atoms with Gasteiger partial charge >= 0.3 is 0 Å². The molecule has 0 aliphatic carbocycles. The van der Waals surface area contributed by atoms with Gasteiger partial charge in [-0.2, -0.15) is 0 Å². The van der Waals surface area contributed by atoms with Crippen LogP contribution in [0.3, 0.4) is 0 Å². The van der Waals surface area contributed by atoms with E-state index in [9.17, 15) is 5.11 Å². The lowest BCUT2D eigenvalue weighted by molar-refractivity contribution is 0.148. The zero-order valence-electron chi connectivity index (χ0n) is 8.67. The molecule has 1 heterocycles. The number of aliphatic hydroxyl groups excluding tert-OH is 1. The molecule has 1 aliphatic heterocycles. The van der Waals surface area contributed by atoms with Crippen molar-refractivity contribution in [2.45, 2.75) is 45.8 Å². The normalized spacial score (nSPS) is 30.0. The zero-order chi connectivity index (χ0) is 9.35. The summed E-state index contributed by atoms with van der Waals surface area (Å²) < 4.78 is 0. The number of rotatable bonds is 2. The van der Waals surface area contributed by atoms with Crippen molar-refractivity contribution in [2.75, 3.05) is 13.1 Å². The van der Waals surface area contributed by atoms with Crippen molar-refractivity contribution >= 4 is 0 Å². The summed E-state index contributed by atoms with van der Waals surface area (Å²) in [4.78, 5) is 2.39. The van der Waals surface area contributed by atoms with Crippen LogP contribution in [0.2, 0.25) is 0 Å². The molecule has 72 valence electrons. The minimum absolute atomic E-state index is 0.112. The predicted molar refractivity (Wildman–Crippen MR) is 51.1 cm³/mol. The van der Waals surface area contributed by atoms with Crippen LogP contribution in [-0.2, 0) is 0 Å². The summed E-state index contributed by atoms with van der Waals surface area (Å²) >= 11 is 0. The van der Waals surface area contributed by atoms with Crippen LogP contribution in [0.1, 0.15) is 34.1 Å². The molecule has 1 unspecified atom stereocenters. The molecule has 2 nitrogen and oxygen atoms in total. The highest BCUT2D eigenvalue weighted by Crippen LogP contribution is 2.28. The van der Waals surface area contributed by atoms with E-state index in [1.807, 2.05) is 0 Å². The number of likely N-dealkylation sites (tertiary alicyclic amines) is 1. The zero-order valence-corrected chi connectivity index (χ0v) is 8.67. The first kappa shape index (κ1) is 10.0. The molecule has 0 aromatic carbocycles. The van der Waals surface area contributed by atoms with Crippen molar-refractivity contribution in [3.8, 4) is 0 Å². The fourth-order valence-corrected chi connectivity index (χ4v) is 2.03. The number of β-amino-alcohol motifs (C(OH)–C–C–N with tert-alkyl or cyclic N) is 1. The quantitative estimate of drug-likeness (QED) is 0.680. The molecule has 2 heteroatoms. The van der Waals surface area contributed by atoms with Gasteiger partial charge in [0.1, 0.15) is 0 Å². The monoisotopic (exact) mass is 171 g/mol. The average molecular weight is 171 g/mol. The van der Waals surface area contributed by atoms with E-state index >= 15 is 0 Å². The number of aliphatic hydroxyl groups is 1. The van der Waals surface area contributed by atoms with Gasteiger partial charge in [-0.15, -0.1) is 0 Å². The maximum Gasteiger partial charge on any atom is 0.0684 e. The Kier molecular flexibility index (Phi) is 2.79. The van der Waals surface area contributed by atoms with Crippen molar-refractivity contribution in [3.63, 3.8) is 0 Å². The van der Waals surface area contributed by atoms with Crippen molar-refractivity contribution in [2.24, 2.45) is 5.92 Å². The highest BCUT2D eigenvalue weighted by molar-refractivity contribution is 4.92. The summed E-state index contributed by atoms with van der Waals surface area (Å²) in [5.41, 5.74) is 0.198. The van der Waals surface area contributed by atoms with Gasteiger partial charge in [0.05, 0.1) is 6.10 Å². The van der Waals surface area contributed by atoms with E-state index in [1.54, 1.807) is 0 Å². The molecule has 12 heavy (non-hydrogen) atoms. The highest BCUT2D eigenvalue weighted by atomic mass is 16.3. The minimum Gasteiger partial charge on any atom is -0.392 e. The molecule has 0 radical (unpaired) electrons. The summed E-state index contributed by atoms with van der Waals surface area (Å²) in [6.45, 7) is 10.8. The van der Waals surface area contributed by atoms with Crippen molar-refractivity contribution in [1.29, 1.82) is 0 Å². The molecule has 0 aromatic rings. The van der Waals surface area contributed by atoms with Crippen molar-refractivity contribution < 1.29 is 5.11 Å². The molecule has 0 bridgehead atoms. The molecule has 0 aromatic heterocycles. The Morgan fingerprint density at radius 1 is 1.50 bits per heavy atom. The van der Waals surface area contributed by atoms with Crippen LogP contribution in [-0.4, -0.2) is 34.7 Å². The van der Waals surface area contributed by atoms with Gasteiger partial charge in [0.2, 0.25) is 0 Å². The summed E-state index contributed by atoms with van der Waals surface area (Å²) in [7, 11) is 0. The van der Waals surface area contributed by atoms with E-state index in [4.69, 9.17) is 0 Å². The van der Waals surface area contributed by atoms with Crippen LogP contribution in [0.15, 0.2) is 0 Å². The van der Waals surface area contributed by atoms with E-state index < -0.39 is 0 Å². The lowest BCUT2D eigenvalue weighted by atomic mass is 10.0. The fourth-order valence-electron chi connectivity index (χ4n) is 2.03. The third kappa shape index (κ3) is 2.20. The Morgan fingerprint density at radius 2 is 2.08 bits per heavy atom. The molecular formula is C10H21NO. The fraction of sp³-hybridized carbons (Fsp3) is 1.00.